The third kappa shape index (κ3) is 4.86. The molecular weight excluding hydrogens is 316 g/mol. The largest absolute Gasteiger partial charge is 0.348 e. The van der Waals surface area contributed by atoms with Gasteiger partial charge in [-0.2, -0.15) is 0 Å². The van der Waals surface area contributed by atoms with E-state index in [2.05, 4.69) is 20.6 Å². The van der Waals surface area contributed by atoms with Crippen LogP contribution in [0.15, 0.2) is 42.6 Å². The number of nitrogens with one attached hydrogen (secondary N) is 2. The fourth-order valence-corrected chi connectivity index (χ4v) is 2.96. The van der Waals surface area contributed by atoms with Crippen LogP contribution in [0.3, 0.4) is 0 Å². The molecule has 6 nitrogen and oxygen atoms in total. The molecule has 0 radical (unpaired) electrons. The average molecular weight is 338 g/mol. The van der Waals surface area contributed by atoms with Gasteiger partial charge in [-0.25, -0.2) is 4.98 Å². The standard InChI is InChI=1S/C19H22N4O2/c24-18(21-13-15-9-4-5-12-20-15)16-10-6-11-17(23-16)19(25)22-14-7-2-1-3-8-14/h4-6,9-12,14H,1-3,7-8,13H2,(H,21,24)(H,22,25). The van der Waals surface area contributed by atoms with Crippen LogP contribution in [0.5, 0.6) is 0 Å². The van der Waals surface area contributed by atoms with Crippen LogP contribution in [0.4, 0.5) is 0 Å². The molecule has 0 aromatic carbocycles. The topological polar surface area (TPSA) is 84.0 Å². The van der Waals surface area contributed by atoms with Gasteiger partial charge >= 0.3 is 0 Å². The van der Waals surface area contributed by atoms with Crippen molar-refractivity contribution in [3.8, 4) is 0 Å². The molecule has 1 fully saturated rings. The van der Waals surface area contributed by atoms with Crippen LogP contribution < -0.4 is 10.6 Å². The van der Waals surface area contributed by atoms with E-state index >= 15 is 0 Å². The minimum atomic E-state index is -0.321. The Hall–Kier alpha value is -2.76. The molecule has 1 saturated carbocycles. The molecule has 2 aromatic heterocycles. The molecule has 0 unspecified atom stereocenters. The Kier molecular flexibility index (Phi) is 5.72. The van der Waals surface area contributed by atoms with Crippen LogP contribution >= 0.6 is 0 Å². The normalized spacial score (nSPS) is 14.7. The van der Waals surface area contributed by atoms with E-state index in [1.54, 1.807) is 24.4 Å². The lowest BCUT2D eigenvalue weighted by Crippen LogP contribution is -2.36. The Labute approximate surface area is 147 Å². The number of nitrogens with zero attached hydrogens (tertiary/aromatic N) is 2. The Balaban J connectivity index is 1.60. The number of carbonyl (C=O) groups is 2. The molecule has 6 heteroatoms. The highest BCUT2D eigenvalue weighted by molar-refractivity contribution is 5.96. The number of rotatable bonds is 5. The zero-order valence-electron chi connectivity index (χ0n) is 14.1. The molecule has 0 aliphatic heterocycles. The molecule has 0 saturated heterocycles. The molecule has 0 spiro atoms. The molecule has 130 valence electrons. The van der Waals surface area contributed by atoms with Crippen molar-refractivity contribution in [2.45, 2.75) is 44.7 Å². The lowest BCUT2D eigenvalue weighted by atomic mass is 9.95. The molecule has 2 heterocycles. The second-order valence-corrected chi connectivity index (χ2v) is 6.22. The van der Waals surface area contributed by atoms with E-state index in [1.165, 1.54) is 6.42 Å². The van der Waals surface area contributed by atoms with E-state index in [0.717, 1.165) is 31.4 Å². The first kappa shape index (κ1) is 17.1. The number of pyridine rings is 2. The molecule has 3 rings (SSSR count). The number of hydrogen-bond acceptors (Lipinski definition) is 4. The van der Waals surface area contributed by atoms with Crippen molar-refractivity contribution in [3.63, 3.8) is 0 Å². The van der Waals surface area contributed by atoms with E-state index in [4.69, 9.17) is 0 Å². The molecule has 0 bridgehead atoms. The summed E-state index contributed by atoms with van der Waals surface area (Å²) in [6.45, 7) is 0.319. The summed E-state index contributed by atoms with van der Waals surface area (Å²) in [4.78, 5) is 33.0. The van der Waals surface area contributed by atoms with Crippen LogP contribution in [0.25, 0.3) is 0 Å². The Morgan fingerprint density at radius 1 is 0.960 bits per heavy atom. The van der Waals surface area contributed by atoms with Gasteiger partial charge < -0.3 is 10.6 Å². The van der Waals surface area contributed by atoms with Gasteiger partial charge in [0.25, 0.3) is 11.8 Å². The maximum Gasteiger partial charge on any atom is 0.270 e. The van der Waals surface area contributed by atoms with Gasteiger partial charge in [-0.1, -0.05) is 31.4 Å². The minimum absolute atomic E-state index is 0.213. The zero-order valence-corrected chi connectivity index (χ0v) is 14.1. The summed E-state index contributed by atoms with van der Waals surface area (Å²) < 4.78 is 0. The lowest BCUT2D eigenvalue weighted by Gasteiger charge is -2.22. The van der Waals surface area contributed by atoms with Gasteiger partial charge in [-0.05, 0) is 37.1 Å². The first-order chi connectivity index (χ1) is 12.2. The maximum atomic E-state index is 12.4. The second kappa shape index (κ2) is 8.37. The third-order valence-corrected chi connectivity index (χ3v) is 4.31. The molecule has 1 aliphatic carbocycles. The van der Waals surface area contributed by atoms with Crippen LogP contribution in [-0.4, -0.2) is 27.8 Å². The summed E-state index contributed by atoms with van der Waals surface area (Å²) in [5.74, 6) is -0.538. The van der Waals surface area contributed by atoms with Gasteiger partial charge in [0, 0.05) is 12.2 Å². The highest BCUT2D eigenvalue weighted by Crippen LogP contribution is 2.17. The van der Waals surface area contributed by atoms with Gasteiger partial charge in [0.1, 0.15) is 11.4 Å². The van der Waals surface area contributed by atoms with Crippen LogP contribution in [0.1, 0.15) is 58.8 Å². The first-order valence-electron chi connectivity index (χ1n) is 8.68. The summed E-state index contributed by atoms with van der Waals surface area (Å²) in [5, 5.41) is 5.78. The maximum absolute atomic E-state index is 12.4. The van der Waals surface area contributed by atoms with E-state index in [1.807, 2.05) is 18.2 Å². The SMILES string of the molecule is O=C(NCc1ccccn1)c1cccc(C(=O)NC2CCCCC2)n1. The van der Waals surface area contributed by atoms with E-state index in [-0.39, 0.29) is 29.2 Å². The molecule has 2 aromatic rings. The van der Waals surface area contributed by atoms with Crippen molar-refractivity contribution in [1.82, 2.24) is 20.6 Å². The molecule has 0 atom stereocenters. The van der Waals surface area contributed by atoms with Crippen molar-refractivity contribution >= 4 is 11.8 Å². The van der Waals surface area contributed by atoms with Crippen molar-refractivity contribution in [1.29, 1.82) is 0 Å². The minimum Gasteiger partial charge on any atom is -0.348 e. The van der Waals surface area contributed by atoms with Crippen molar-refractivity contribution < 1.29 is 9.59 Å². The Bertz CT molecular complexity index is 727. The predicted octanol–water partition coefficient (Wildman–Crippen LogP) is 2.47. The molecular formula is C19H22N4O2. The highest BCUT2D eigenvalue weighted by atomic mass is 16.2. The van der Waals surface area contributed by atoms with Gasteiger partial charge in [0.15, 0.2) is 0 Å². The lowest BCUT2D eigenvalue weighted by molar-refractivity contribution is 0.0922. The van der Waals surface area contributed by atoms with E-state index in [0.29, 0.717) is 6.54 Å². The smallest absolute Gasteiger partial charge is 0.270 e. The number of aromatic nitrogens is 2. The van der Waals surface area contributed by atoms with Gasteiger partial charge in [0.2, 0.25) is 0 Å². The van der Waals surface area contributed by atoms with E-state index < -0.39 is 0 Å². The summed E-state index contributed by atoms with van der Waals surface area (Å²) in [6.07, 6.45) is 7.22. The van der Waals surface area contributed by atoms with Crippen molar-refractivity contribution in [2.24, 2.45) is 0 Å². The third-order valence-electron chi connectivity index (χ3n) is 4.31. The van der Waals surface area contributed by atoms with Crippen molar-refractivity contribution in [2.75, 3.05) is 0 Å². The number of hydrogen-bond donors (Lipinski definition) is 2. The average Bonchev–Trinajstić information content (AvgIpc) is 2.68. The number of amides is 2. The Morgan fingerprint density at radius 3 is 2.44 bits per heavy atom. The monoisotopic (exact) mass is 338 g/mol. The second-order valence-electron chi connectivity index (χ2n) is 6.22. The van der Waals surface area contributed by atoms with Gasteiger partial charge in [0.05, 0.1) is 12.2 Å². The van der Waals surface area contributed by atoms with Crippen LogP contribution in [-0.2, 0) is 6.54 Å². The van der Waals surface area contributed by atoms with Gasteiger partial charge in [-0.3, -0.25) is 14.6 Å². The summed E-state index contributed by atoms with van der Waals surface area (Å²) >= 11 is 0. The highest BCUT2D eigenvalue weighted by Gasteiger charge is 2.18. The molecule has 1 aliphatic rings. The predicted molar refractivity (Wildman–Crippen MR) is 94.0 cm³/mol. The van der Waals surface area contributed by atoms with Gasteiger partial charge in [-0.15, -0.1) is 0 Å². The zero-order chi connectivity index (χ0) is 17.5. The molecule has 2 amide bonds. The van der Waals surface area contributed by atoms with Crippen molar-refractivity contribution in [3.05, 3.63) is 59.7 Å². The summed E-state index contributed by atoms with van der Waals surface area (Å²) in [7, 11) is 0. The summed E-state index contributed by atoms with van der Waals surface area (Å²) in [5.41, 5.74) is 1.27. The molecule has 25 heavy (non-hydrogen) atoms. The van der Waals surface area contributed by atoms with Crippen LogP contribution in [0, 0.1) is 0 Å². The Morgan fingerprint density at radius 2 is 1.72 bits per heavy atom. The quantitative estimate of drug-likeness (QED) is 0.877. The van der Waals surface area contributed by atoms with E-state index in [9.17, 15) is 9.59 Å². The molecule has 2 N–H and O–H groups in total. The fraction of sp³-hybridized carbons (Fsp3) is 0.368. The first-order valence-corrected chi connectivity index (χ1v) is 8.68. The van der Waals surface area contributed by atoms with Crippen LogP contribution in [0.2, 0.25) is 0 Å². The summed E-state index contributed by atoms with van der Waals surface area (Å²) in [6, 6.07) is 10.6. The number of carbonyl (C=O) groups excluding carboxylic acids is 2. The fourth-order valence-electron chi connectivity index (χ4n) is 2.96.